The second-order valence-electron chi connectivity index (χ2n) is 8.34. The molecule has 1 aliphatic heterocycles. The fourth-order valence-electron chi connectivity index (χ4n) is 4.07. The molecule has 2 aliphatic rings. The van der Waals surface area contributed by atoms with Crippen LogP contribution in [0.25, 0.3) is 11.1 Å². The highest BCUT2D eigenvalue weighted by molar-refractivity contribution is 6.02. The zero-order chi connectivity index (χ0) is 24.1. The number of benzene rings is 3. The second-order valence-corrected chi connectivity index (χ2v) is 8.34. The summed E-state index contributed by atoms with van der Waals surface area (Å²) in [5.74, 6) is 0.102. The van der Waals surface area contributed by atoms with Crippen LogP contribution >= 0.6 is 0 Å². The van der Waals surface area contributed by atoms with Crippen LogP contribution in [0.15, 0.2) is 60.7 Å². The van der Waals surface area contributed by atoms with E-state index in [4.69, 9.17) is 15.2 Å². The summed E-state index contributed by atoms with van der Waals surface area (Å²) in [4.78, 5) is 24.5. The summed E-state index contributed by atoms with van der Waals surface area (Å²) >= 11 is 0. The lowest BCUT2D eigenvalue weighted by Crippen LogP contribution is -2.28. The van der Waals surface area contributed by atoms with Gasteiger partial charge in [-0.25, -0.2) is 0 Å². The van der Waals surface area contributed by atoms with Crippen molar-refractivity contribution in [2.24, 2.45) is 5.73 Å². The van der Waals surface area contributed by atoms with Crippen molar-refractivity contribution in [2.45, 2.75) is 24.4 Å². The molecule has 1 heterocycles. The molecule has 6 nitrogen and oxygen atoms in total. The van der Waals surface area contributed by atoms with E-state index in [-0.39, 0.29) is 33.8 Å². The third kappa shape index (κ3) is 3.93. The number of carbonyl (C=O) groups is 2. The van der Waals surface area contributed by atoms with Gasteiger partial charge in [-0.15, -0.1) is 0 Å². The Labute approximate surface area is 196 Å². The van der Waals surface area contributed by atoms with Crippen LogP contribution in [0.3, 0.4) is 0 Å². The minimum Gasteiger partial charge on any atom is -0.454 e. The zero-order valence-electron chi connectivity index (χ0n) is 17.7. The van der Waals surface area contributed by atoms with E-state index in [2.05, 4.69) is 5.32 Å². The molecule has 0 aromatic heterocycles. The number of nitrogens with two attached hydrogens (primary N) is 1. The molecule has 1 aliphatic carbocycles. The molecule has 34 heavy (non-hydrogen) atoms. The lowest BCUT2D eigenvalue weighted by atomic mass is 9.94. The van der Waals surface area contributed by atoms with Gasteiger partial charge >= 0.3 is 6.18 Å². The van der Waals surface area contributed by atoms with E-state index in [9.17, 15) is 22.8 Å². The summed E-state index contributed by atoms with van der Waals surface area (Å²) < 4.78 is 51.5. The average molecular weight is 474 g/mol. The highest BCUT2D eigenvalue weighted by Gasteiger charge is 2.51. The van der Waals surface area contributed by atoms with Gasteiger partial charge in [0, 0.05) is 15.5 Å². The predicted octanol–water partition coefficient (Wildman–Crippen LogP) is 5.61. The Kier molecular flexibility index (Phi) is 5.00. The van der Waals surface area contributed by atoms with Gasteiger partial charge < -0.3 is 20.5 Å². The fourth-order valence-corrected chi connectivity index (χ4v) is 4.07. The molecule has 0 saturated heterocycles. The number of rotatable bonds is 5. The molecule has 0 atom stereocenters. The first-order valence-corrected chi connectivity index (χ1v) is 10.5. The molecular formula is C25H25F3N2O4. The fraction of sp³-hybridized carbons (Fsp3) is 0.200. The van der Waals surface area contributed by atoms with Gasteiger partial charge in [0.1, 0.15) is 0 Å². The van der Waals surface area contributed by atoms with Crippen LogP contribution in [0.2, 0.25) is 0 Å². The van der Waals surface area contributed by atoms with Crippen LogP contribution in [0.4, 0.5) is 18.9 Å². The largest absolute Gasteiger partial charge is 0.454 e. The van der Waals surface area contributed by atoms with Gasteiger partial charge in [0.05, 0.1) is 11.0 Å². The number of fused-ring (bicyclic) bond motifs is 1. The van der Waals surface area contributed by atoms with E-state index in [1.54, 1.807) is 18.2 Å². The molecule has 1 fully saturated rings. The van der Waals surface area contributed by atoms with Crippen molar-refractivity contribution >= 4 is 17.5 Å². The Morgan fingerprint density at radius 1 is 0.912 bits per heavy atom. The van der Waals surface area contributed by atoms with Crippen LogP contribution < -0.4 is 20.5 Å². The number of hydrogen-bond donors (Lipinski definition) is 2. The van der Waals surface area contributed by atoms with Crippen molar-refractivity contribution in [3.8, 4) is 22.6 Å². The monoisotopic (exact) mass is 474 g/mol. The number of carbonyl (C=O) groups excluding carboxylic acids is 2. The van der Waals surface area contributed by atoms with Gasteiger partial charge in [0.2, 0.25) is 18.6 Å². The third-order valence-electron chi connectivity index (χ3n) is 6.13. The van der Waals surface area contributed by atoms with E-state index >= 15 is 0 Å². The Morgan fingerprint density at radius 2 is 1.62 bits per heavy atom. The summed E-state index contributed by atoms with van der Waals surface area (Å²) in [5, 5.41) is 2.68. The highest BCUT2D eigenvalue weighted by atomic mass is 19.4. The predicted molar refractivity (Wildman–Crippen MR) is 124 cm³/mol. The second kappa shape index (κ2) is 7.79. The maximum absolute atomic E-state index is 13.6. The van der Waals surface area contributed by atoms with E-state index in [0.29, 0.717) is 29.9 Å². The zero-order valence-corrected chi connectivity index (χ0v) is 17.7. The summed E-state index contributed by atoms with van der Waals surface area (Å²) in [6.45, 7) is 0.103. The Balaban J connectivity index is 0.00000160. The van der Waals surface area contributed by atoms with Crippen LogP contribution in [0.1, 0.15) is 38.6 Å². The van der Waals surface area contributed by atoms with Crippen molar-refractivity contribution in [1.29, 1.82) is 0 Å². The summed E-state index contributed by atoms with van der Waals surface area (Å²) in [6, 6.07) is 14.5. The first kappa shape index (κ1) is 21.8. The Morgan fingerprint density at radius 3 is 2.26 bits per heavy atom. The number of ether oxygens (including phenoxy) is 2. The van der Waals surface area contributed by atoms with E-state index in [0.717, 1.165) is 17.7 Å². The van der Waals surface area contributed by atoms with Gasteiger partial charge in [-0.3, -0.25) is 9.59 Å². The van der Waals surface area contributed by atoms with E-state index < -0.39 is 23.1 Å². The van der Waals surface area contributed by atoms with Gasteiger partial charge in [-0.2, -0.15) is 13.2 Å². The van der Waals surface area contributed by atoms with Crippen LogP contribution in [-0.2, 0) is 16.4 Å². The number of alkyl halides is 3. The van der Waals surface area contributed by atoms with Crippen molar-refractivity contribution in [3.63, 3.8) is 0 Å². The molecule has 9 heteroatoms. The number of halogens is 3. The molecule has 3 aromatic carbocycles. The Hall–Kier alpha value is -4.01. The van der Waals surface area contributed by atoms with Crippen molar-refractivity contribution in [1.82, 2.24) is 0 Å². The van der Waals surface area contributed by atoms with E-state index in [1.165, 1.54) is 30.3 Å². The number of hydrogen-bond acceptors (Lipinski definition) is 4. The molecule has 3 aromatic rings. The molecule has 1 saturated carbocycles. The van der Waals surface area contributed by atoms with Crippen molar-refractivity contribution in [2.75, 3.05) is 12.1 Å². The smallest absolute Gasteiger partial charge is 0.416 e. The van der Waals surface area contributed by atoms with Gasteiger partial charge in [-0.1, -0.05) is 18.2 Å². The molecular weight excluding hydrogens is 449 g/mol. The minimum atomic E-state index is -4.61. The highest BCUT2D eigenvalue weighted by Crippen LogP contribution is 2.51. The molecule has 0 spiro atoms. The normalized spacial score (nSPS) is 15.6. The number of amides is 2. The lowest BCUT2D eigenvalue weighted by molar-refractivity contribution is -0.137. The van der Waals surface area contributed by atoms with Gasteiger partial charge in [-0.05, 0) is 72.0 Å². The summed E-state index contributed by atoms with van der Waals surface area (Å²) in [5.41, 5.74) is 5.19. The lowest BCUT2D eigenvalue weighted by Gasteiger charge is -2.18. The SMILES string of the molecule is NC(=O)c1ccc(-c2cc(NC(=O)C3(c4ccc5c(c4)OCO5)CC3)cc(C(F)(F)F)c2)cc1.[HH].[HH].[HH]. The maximum atomic E-state index is 13.6. The standard InChI is InChI=1S/C25H19F3N2O4.3H2/c26-25(27,28)18-9-16(14-1-3-15(4-2-14)22(29)31)10-19(11-18)30-23(32)24(7-8-24)17-5-6-20-21(12-17)34-13-33-20;;;/h1-6,9-12H,7-8,13H2,(H2,29,31)(H,30,32);3*1H. The number of primary amides is 1. The average Bonchev–Trinajstić information content (AvgIpc) is 3.49. The van der Waals surface area contributed by atoms with Gasteiger partial charge in [0.25, 0.3) is 0 Å². The minimum absolute atomic E-state index is 0. The third-order valence-corrected chi connectivity index (χ3v) is 6.13. The van der Waals surface area contributed by atoms with Crippen LogP contribution in [0, 0.1) is 0 Å². The first-order chi connectivity index (χ1) is 16.2. The topological polar surface area (TPSA) is 90.7 Å². The molecule has 2 amide bonds. The molecule has 3 N–H and O–H groups in total. The van der Waals surface area contributed by atoms with Gasteiger partial charge in [0.15, 0.2) is 11.5 Å². The maximum Gasteiger partial charge on any atom is 0.416 e. The molecule has 0 unspecified atom stereocenters. The van der Waals surface area contributed by atoms with Crippen LogP contribution in [-0.4, -0.2) is 18.6 Å². The number of anilines is 1. The first-order valence-electron chi connectivity index (χ1n) is 10.5. The molecule has 180 valence electrons. The Bertz CT molecular complexity index is 1310. The molecule has 5 rings (SSSR count). The molecule has 0 bridgehead atoms. The summed E-state index contributed by atoms with van der Waals surface area (Å²) in [6.07, 6.45) is -3.48. The van der Waals surface area contributed by atoms with Crippen LogP contribution in [0.5, 0.6) is 11.5 Å². The van der Waals surface area contributed by atoms with E-state index in [1.807, 2.05) is 0 Å². The van der Waals surface area contributed by atoms with Crippen molar-refractivity contribution in [3.05, 3.63) is 77.4 Å². The summed E-state index contributed by atoms with van der Waals surface area (Å²) in [7, 11) is 0. The number of nitrogens with one attached hydrogen (secondary N) is 1. The quantitative estimate of drug-likeness (QED) is 0.503. The van der Waals surface area contributed by atoms with Crippen molar-refractivity contribution < 1.29 is 36.5 Å². The molecule has 0 radical (unpaired) electrons.